The summed E-state index contributed by atoms with van der Waals surface area (Å²) in [6.45, 7) is 6.90. The first kappa shape index (κ1) is 27.6. The van der Waals surface area contributed by atoms with Crippen LogP contribution < -0.4 is 19.1 Å². The van der Waals surface area contributed by atoms with E-state index >= 15 is 0 Å². The van der Waals surface area contributed by atoms with Gasteiger partial charge >= 0.3 is 0 Å². The van der Waals surface area contributed by atoms with Gasteiger partial charge in [0.2, 0.25) is 28.6 Å². The lowest BCUT2D eigenvalue weighted by Gasteiger charge is -2.34. The average Bonchev–Trinajstić information content (AvgIpc) is 3.24. The van der Waals surface area contributed by atoms with E-state index in [2.05, 4.69) is 5.32 Å². The molecule has 1 aliphatic rings. The highest BCUT2D eigenvalue weighted by Crippen LogP contribution is 2.36. The van der Waals surface area contributed by atoms with Gasteiger partial charge in [-0.1, -0.05) is 36.7 Å². The molecule has 9 nitrogen and oxygen atoms in total. The Balaban J connectivity index is 1.97. The summed E-state index contributed by atoms with van der Waals surface area (Å²) in [5.74, 6) is -0.00501. The maximum Gasteiger partial charge on any atom is 0.244 e. The van der Waals surface area contributed by atoms with E-state index in [1.807, 2.05) is 20.8 Å². The van der Waals surface area contributed by atoms with Gasteiger partial charge in [-0.25, -0.2) is 8.42 Å². The van der Waals surface area contributed by atoms with Gasteiger partial charge in [0, 0.05) is 23.2 Å². The third-order valence-electron chi connectivity index (χ3n) is 5.51. The van der Waals surface area contributed by atoms with Crippen molar-refractivity contribution >= 4 is 39.1 Å². The van der Waals surface area contributed by atoms with Crippen LogP contribution in [0.2, 0.25) is 5.02 Å². The standard InChI is InChI=1S/C25H32ClN3O6S/c1-6-20(24(31)27-25(2,3)4)28(14-17-9-7-8-10-19(17)26)23(30)15-29(36(5,32)33)18-11-12-21-22(13-18)35-16-34-21/h7-13,20H,6,14-16H2,1-5H3,(H,27,31)/t20-/m1/s1. The highest BCUT2D eigenvalue weighted by molar-refractivity contribution is 7.92. The van der Waals surface area contributed by atoms with Crippen molar-refractivity contribution < 1.29 is 27.5 Å². The number of carbonyl (C=O) groups excluding carboxylic acids is 2. The Hall–Kier alpha value is -2.98. The number of nitrogens with zero attached hydrogens (tertiary/aromatic N) is 2. The van der Waals surface area contributed by atoms with Crippen molar-refractivity contribution in [3.8, 4) is 11.5 Å². The van der Waals surface area contributed by atoms with E-state index in [9.17, 15) is 18.0 Å². The summed E-state index contributed by atoms with van der Waals surface area (Å²) >= 11 is 6.36. The van der Waals surface area contributed by atoms with Crippen LogP contribution in [0.5, 0.6) is 11.5 Å². The van der Waals surface area contributed by atoms with Crippen LogP contribution in [0.1, 0.15) is 39.7 Å². The zero-order chi connectivity index (χ0) is 26.7. The van der Waals surface area contributed by atoms with Crippen LogP contribution in [0.15, 0.2) is 42.5 Å². The van der Waals surface area contributed by atoms with E-state index in [-0.39, 0.29) is 24.9 Å². The number of amides is 2. The first-order valence-corrected chi connectivity index (χ1v) is 13.7. The second-order valence-corrected chi connectivity index (χ2v) is 11.9. The molecule has 2 amide bonds. The summed E-state index contributed by atoms with van der Waals surface area (Å²) in [6.07, 6.45) is 1.34. The van der Waals surface area contributed by atoms with Crippen molar-refractivity contribution in [2.45, 2.75) is 52.2 Å². The second-order valence-electron chi connectivity index (χ2n) is 9.58. The Morgan fingerprint density at radius 3 is 2.39 bits per heavy atom. The number of carbonyl (C=O) groups is 2. The predicted octanol–water partition coefficient (Wildman–Crippen LogP) is 3.56. The molecular weight excluding hydrogens is 506 g/mol. The molecule has 3 rings (SSSR count). The molecule has 0 fully saturated rings. The van der Waals surface area contributed by atoms with Crippen LogP contribution in [-0.4, -0.2) is 56.3 Å². The number of hydrogen-bond donors (Lipinski definition) is 1. The maximum absolute atomic E-state index is 13.7. The normalized spacial score (nSPS) is 13.7. The molecule has 1 atom stereocenters. The molecule has 1 aliphatic heterocycles. The van der Waals surface area contributed by atoms with Gasteiger partial charge in [0.25, 0.3) is 0 Å². The molecule has 1 N–H and O–H groups in total. The van der Waals surface area contributed by atoms with E-state index in [0.29, 0.717) is 28.5 Å². The number of anilines is 1. The first-order chi connectivity index (χ1) is 16.8. The third-order valence-corrected chi connectivity index (χ3v) is 7.02. The van der Waals surface area contributed by atoms with Crippen molar-refractivity contribution in [3.05, 3.63) is 53.1 Å². The van der Waals surface area contributed by atoms with Crippen LogP contribution in [0.25, 0.3) is 0 Å². The molecule has 0 aromatic heterocycles. The van der Waals surface area contributed by atoms with Crippen molar-refractivity contribution in [2.24, 2.45) is 0 Å². The van der Waals surface area contributed by atoms with Crippen molar-refractivity contribution in [3.63, 3.8) is 0 Å². The van der Waals surface area contributed by atoms with Gasteiger partial charge in [-0.05, 0) is 51.0 Å². The summed E-state index contributed by atoms with van der Waals surface area (Å²) in [6, 6.07) is 10.8. The highest BCUT2D eigenvalue weighted by Gasteiger charge is 2.33. The predicted molar refractivity (Wildman–Crippen MR) is 139 cm³/mol. The Morgan fingerprint density at radius 2 is 1.78 bits per heavy atom. The lowest BCUT2D eigenvalue weighted by molar-refractivity contribution is -0.141. The number of halogens is 1. The minimum atomic E-state index is -3.86. The molecule has 0 radical (unpaired) electrons. The Labute approximate surface area is 217 Å². The molecule has 1 heterocycles. The van der Waals surface area contributed by atoms with E-state index in [1.54, 1.807) is 43.3 Å². The summed E-state index contributed by atoms with van der Waals surface area (Å²) in [7, 11) is -3.86. The van der Waals surface area contributed by atoms with E-state index in [0.717, 1.165) is 10.6 Å². The molecular formula is C25H32ClN3O6S. The average molecular weight is 538 g/mol. The Kier molecular flexibility index (Phi) is 8.40. The molecule has 36 heavy (non-hydrogen) atoms. The number of ether oxygens (including phenoxy) is 2. The number of fused-ring (bicyclic) bond motifs is 1. The fraction of sp³-hybridized carbons (Fsp3) is 0.440. The van der Waals surface area contributed by atoms with E-state index in [1.165, 1.54) is 11.0 Å². The van der Waals surface area contributed by atoms with Crippen molar-refractivity contribution in [2.75, 3.05) is 23.9 Å². The van der Waals surface area contributed by atoms with Gasteiger partial charge in [-0.2, -0.15) is 0 Å². The van der Waals surface area contributed by atoms with Crippen LogP contribution in [-0.2, 0) is 26.2 Å². The lowest BCUT2D eigenvalue weighted by Crippen LogP contribution is -2.55. The summed E-state index contributed by atoms with van der Waals surface area (Å²) in [5, 5.41) is 3.36. The number of rotatable bonds is 9. The summed E-state index contributed by atoms with van der Waals surface area (Å²) < 4.78 is 37.2. The number of nitrogens with one attached hydrogen (secondary N) is 1. The van der Waals surface area contributed by atoms with E-state index in [4.69, 9.17) is 21.1 Å². The largest absolute Gasteiger partial charge is 0.454 e. The number of benzene rings is 2. The quantitative estimate of drug-likeness (QED) is 0.524. The topological polar surface area (TPSA) is 105 Å². The van der Waals surface area contributed by atoms with Gasteiger partial charge in [0.1, 0.15) is 12.6 Å². The molecule has 0 saturated carbocycles. The monoisotopic (exact) mass is 537 g/mol. The zero-order valence-corrected chi connectivity index (χ0v) is 22.6. The van der Waals surface area contributed by atoms with Gasteiger partial charge in [-0.3, -0.25) is 13.9 Å². The molecule has 0 spiro atoms. The SMILES string of the molecule is CC[C@H](C(=O)NC(C)(C)C)N(Cc1ccccc1Cl)C(=O)CN(c1ccc2c(c1)OCO2)S(C)(=O)=O. The number of hydrogen-bond acceptors (Lipinski definition) is 6. The van der Waals surface area contributed by atoms with Gasteiger partial charge in [0.15, 0.2) is 11.5 Å². The van der Waals surface area contributed by atoms with Crippen LogP contribution in [0.4, 0.5) is 5.69 Å². The molecule has 0 saturated heterocycles. The maximum atomic E-state index is 13.7. The zero-order valence-electron chi connectivity index (χ0n) is 21.1. The molecule has 0 unspecified atom stereocenters. The molecule has 0 aliphatic carbocycles. The van der Waals surface area contributed by atoms with Gasteiger partial charge < -0.3 is 19.7 Å². The second kappa shape index (κ2) is 11.0. The smallest absolute Gasteiger partial charge is 0.244 e. The van der Waals surface area contributed by atoms with Crippen molar-refractivity contribution in [1.82, 2.24) is 10.2 Å². The lowest BCUT2D eigenvalue weighted by atomic mass is 10.1. The van der Waals surface area contributed by atoms with Crippen molar-refractivity contribution in [1.29, 1.82) is 0 Å². The van der Waals surface area contributed by atoms with Gasteiger partial charge in [0.05, 0.1) is 11.9 Å². The number of sulfonamides is 1. The molecule has 0 bridgehead atoms. The third kappa shape index (κ3) is 6.82. The molecule has 2 aromatic rings. The first-order valence-electron chi connectivity index (χ1n) is 11.5. The van der Waals surface area contributed by atoms with Gasteiger partial charge in [-0.15, -0.1) is 0 Å². The Morgan fingerprint density at radius 1 is 1.11 bits per heavy atom. The summed E-state index contributed by atoms with van der Waals surface area (Å²) in [4.78, 5) is 28.3. The minimum absolute atomic E-state index is 0.0310. The molecule has 196 valence electrons. The highest BCUT2D eigenvalue weighted by atomic mass is 35.5. The Bertz CT molecular complexity index is 1230. The minimum Gasteiger partial charge on any atom is -0.454 e. The fourth-order valence-electron chi connectivity index (χ4n) is 3.84. The molecule has 2 aromatic carbocycles. The van der Waals surface area contributed by atoms with Crippen LogP contribution in [0, 0.1) is 0 Å². The van der Waals surface area contributed by atoms with E-state index < -0.39 is 34.1 Å². The van der Waals surface area contributed by atoms with Crippen LogP contribution >= 0.6 is 11.6 Å². The fourth-order valence-corrected chi connectivity index (χ4v) is 4.87. The molecule has 11 heteroatoms. The van der Waals surface area contributed by atoms with Crippen LogP contribution in [0.3, 0.4) is 0 Å². The summed E-state index contributed by atoms with van der Waals surface area (Å²) in [5.41, 5.74) is 0.373.